The molecule has 5 aliphatic rings. The van der Waals surface area contributed by atoms with Crippen LogP contribution in [0.2, 0.25) is 0 Å². The van der Waals surface area contributed by atoms with Crippen LogP contribution in [-0.2, 0) is 19.1 Å². The van der Waals surface area contributed by atoms with E-state index >= 15 is 0 Å². The second-order valence-electron chi connectivity index (χ2n) is 13.8. The molecule has 206 valence electrons. The number of epoxide rings is 1. The normalized spacial score (nSPS) is 49.1. The van der Waals surface area contributed by atoms with Crippen LogP contribution >= 0.6 is 0 Å². The maximum Gasteiger partial charge on any atom is 0.331 e. The monoisotopic (exact) mass is 514 g/mol. The van der Waals surface area contributed by atoms with Crippen LogP contribution in [-0.4, -0.2) is 46.1 Å². The highest BCUT2D eigenvalue weighted by Gasteiger charge is 2.85. The summed E-state index contributed by atoms with van der Waals surface area (Å²) < 4.78 is 12.8. The standard InChI is InChI=1S/C31H46O6/c1-17(2)9-8-10-20(27(34)35)26-22-15-25-31(37-25)28(5)13-12-23(33)18(3)21(28)11-14-30(31,7)29(22,6)16-24(26)36-19(4)32/h9,18,21-25,33H,8,10-16H2,1-7H3,(H,34,35)/b26-20+/t18-,21-,22-,23+,24-,25+,28-,29-,30+,31-/m0/s1. The summed E-state index contributed by atoms with van der Waals surface area (Å²) in [7, 11) is 0. The van der Waals surface area contributed by atoms with Gasteiger partial charge in [0.1, 0.15) is 11.7 Å². The van der Waals surface area contributed by atoms with Gasteiger partial charge < -0.3 is 19.7 Å². The number of esters is 1. The molecule has 4 aliphatic carbocycles. The van der Waals surface area contributed by atoms with Gasteiger partial charge in [0.2, 0.25) is 0 Å². The molecule has 1 saturated heterocycles. The van der Waals surface area contributed by atoms with Crippen molar-refractivity contribution in [2.45, 2.75) is 124 Å². The van der Waals surface area contributed by atoms with Crippen molar-refractivity contribution in [2.75, 3.05) is 0 Å². The Kier molecular flexibility index (Phi) is 6.31. The molecule has 6 heteroatoms. The fraction of sp³-hybridized carbons (Fsp3) is 0.806. The lowest BCUT2D eigenvalue weighted by Gasteiger charge is -2.66. The number of aliphatic hydroxyl groups excluding tert-OH is 1. The van der Waals surface area contributed by atoms with E-state index in [4.69, 9.17) is 9.47 Å². The van der Waals surface area contributed by atoms with Crippen LogP contribution in [0.3, 0.4) is 0 Å². The summed E-state index contributed by atoms with van der Waals surface area (Å²) in [5, 5.41) is 21.1. The number of carboxylic acids is 1. The highest BCUT2D eigenvalue weighted by atomic mass is 16.6. The fourth-order valence-electron chi connectivity index (χ4n) is 10.2. The number of hydrogen-bond acceptors (Lipinski definition) is 5. The molecule has 1 heterocycles. The molecule has 37 heavy (non-hydrogen) atoms. The predicted octanol–water partition coefficient (Wildman–Crippen LogP) is 5.83. The van der Waals surface area contributed by atoms with Crippen LogP contribution in [0.1, 0.15) is 99.8 Å². The largest absolute Gasteiger partial charge is 0.478 e. The molecule has 0 aromatic heterocycles. The molecule has 0 aromatic rings. The first-order chi connectivity index (χ1) is 17.2. The summed E-state index contributed by atoms with van der Waals surface area (Å²) in [5.74, 6) is -0.593. The number of carbonyl (C=O) groups excluding carboxylic acids is 1. The van der Waals surface area contributed by atoms with E-state index in [2.05, 4.69) is 33.8 Å². The number of hydrogen-bond donors (Lipinski definition) is 2. The van der Waals surface area contributed by atoms with Crippen molar-refractivity contribution < 1.29 is 29.3 Å². The van der Waals surface area contributed by atoms with E-state index in [1.165, 1.54) is 12.5 Å². The van der Waals surface area contributed by atoms with Crippen LogP contribution in [0.5, 0.6) is 0 Å². The highest BCUT2D eigenvalue weighted by molar-refractivity contribution is 5.88. The quantitative estimate of drug-likeness (QED) is 0.207. The average Bonchev–Trinajstić information content (AvgIpc) is 3.47. The van der Waals surface area contributed by atoms with E-state index in [0.717, 1.165) is 37.7 Å². The summed E-state index contributed by atoms with van der Waals surface area (Å²) >= 11 is 0. The molecule has 0 bridgehead atoms. The number of aliphatic carboxylic acids is 1. The van der Waals surface area contributed by atoms with Gasteiger partial charge in [0, 0.05) is 23.3 Å². The molecule has 1 aliphatic heterocycles. The zero-order chi connectivity index (χ0) is 27.1. The van der Waals surface area contributed by atoms with Crippen molar-refractivity contribution in [1.29, 1.82) is 0 Å². The van der Waals surface area contributed by atoms with E-state index in [-0.39, 0.29) is 51.9 Å². The van der Waals surface area contributed by atoms with Gasteiger partial charge in [-0.3, -0.25) is 4.79 Å². The first kappa shape index (κ1) is 26.9. The second-order valence-corrected chi connectivity index (χ2v) is 13.8. The van der Waals surface area contributed by atoms with Crippen LogP contribution in [0.4, 0.5) is 0 Å². The van der Waals surface area contributed by atoms with Gasteiger partial charge in [0.15, 0.2) is 0 Å². The number of allylic oxidation sites excluding steroid dienone is 2. The average molecular weight is 515 g/mol. The molecule has 4 saturated carbocycles. The van der Waals surface area contributed by atoms with Crippen molar-refractivity contribution in [3.63, 3.8) is 0 Å². The van der Waals surface area contributed by atoms with Crippen molar-refractivity contribution in [3.8, 4) is 0 Å². The van der Waals surface area contributed by atoms with Crippen LogP contribution < -0.4 is 0 Å². The molecular weight excluding hydrogens is 468 g/mol. The Labute approximate surface area is 221 Å². The SMILES string of the molecule is CC(=O)O[C@H]1C[C@@]2(C)[C@@H](C[C@H]3O[C@@]34[C@]2(C)CC[C@H]2[C@H](C)[C@H](O)CC[C@@]24C)/C1=C(/CCC=C(C)C)C(=O)O. The zero-order valence-electron chi connectivity index (χ0n) is 23.7. The van der Waals surface area contributed by atoms with Gasteiger partial charge in [-0.2, -0.15) is 0 Å². The predicted molar refractivity (Wildman–Crippen MR) is 141 cm³/mol. The van der Waals surface area contributed by atoms with Gasteiger partial charge in [-0.15, -0.1) is 0 Å². The Hall–Kier alpha value is -1.66. The zero-order valence-corrected chi connectivity index (χ0v) is 23.7. The van der Waals surface area contributed by atoms with Crippen molar-refractivity contribution in [2.24, 2.45) is 34.0 Å². The van der Waals surface area contributed by atoms with E-state index < -0.39 is 12.1 Å². The molecule has 0 aromatic carbocycles. The Morgan fingerprint density at radius 2 is 1.81 bits per heavy atom. The molecule has 5 rings (SSSR count). The highest BCUT2D eigenvalue weighted by Crippen LogP contribution is 2.82. The first-order valence-electron chi connectivity index (χ1n) is 14.4. The molecule has 6 nitrogen and oxygen atoms in total. The third-order valence-electron chi connectivity index (χ3n) is 12.0. The molecule has 0 radical (unpaired) electrons. The summed E-state index contributed by atoms with van der Waals surface area (Å²) in [6.45, 7) is 14.8. The summed E-state index contributed by atoms with van der Waals surface area (Å²) in [5.41, 5.74) is 1.69. The Morgan fingerprint density at radius 3 is 2.43 bits per heavy atom. The molecule has 10 atom stereocenters. The van der Waals surface area contributed by atoms with Crippen molar-refractivity contribution in [1.82, 2.24) is 0 Å². The van der Waals surface area contributed by atoms with E-state index in [1.807, 2.05) is 13.8 Å². The van der Waals surface area contributed by atoms with Gasteiger partial charge in [0.05, 0.1) is 12.2 Å². The number of carboxylic acid groups (broad SMARTS) is 1. The minimum atomic E-state index is -0.900. The maximum atomic E-state index is 12.7. The maximum absolute atomic E-state index is 12.7. The van der Waals surface area contributed by atoms with Gasteiger partial charge in [-0.25, -0.2) is 4.79 Å². The lowest BCUT2D eigenvalue weighted by molar-refractivity contribution is -0.195. The van der Waals surface area contributed by atoms with Crippen LogP contribution in [0.15, 0.2) is 22.8 Å². The molecule has 0 unspecified atom stereocenters. The minimum absolute atomic E-state index is 0.00651. The van der Waals surface area contributed by atoms with E-state index in [9.17, 15) is 19.8 Å². The van der Waals surface area contributed by atoms with Crippen molar-refractivity contribution >= 4 is 11.9 Å². The minimum Gasteiger partial charge on any atom is -0.478 e. The van der Waals surface area contributed by atoms with Crippen molar-refractivity contribution in [3.05, 3.63) is 22.8 Å². The molecule has 0 amide bonds. The number of aliphatic hydroxyl groups is 1. The number of fused-ring (bicyclic) bond motifs is 3. The molecule has 5 fully saturated rings. The lowest BCUT2D eigenvalue weighted by atomic mass is 9.36. The Bertz CT molecular complexity index is 1060. The summed E-state index contributed by atoms with van der Waals surface area (Å²) in [6, 6.07) is 0. The molecule has 1 spiro atoms. The van der Waals surface area contributed by atoms with Gasteiger partial charge in [0.25, 0.3) is 0 Å². The van der Waals surface area contributed by atoms with Gasteiger partial charge in [-0.1, -0.05) is 39.3 Å². The fourth-order valence-corrected chi connectivity index (χ4v) is 10.2. The number of carbonyl (C=O) groups is 2. The third kappa shape index (κ3) is 3.50. The summed E-state index contributed by atoms with van der Waals surface area (Å²) in [6.07, 6.45) is 7.67. The molecule has 2 N–H and O–H groups in total. The van der Waals surface area contributed by atoms with Crippen LogP contribution in [0, 0.1) is 34.0 Å². The third-order valence-corrected chi connectivity index (χ3v) is 12.0. The van der Waals surface area contributed by atoms with Gasteiger partial charge in [-0.05, 0) is 94.0 Å². The topological polar surface area (TPSA) is 96.4 Å². The van der Waals surface area contributed by atoms with E-state index in [0.29, 0.717) is 30.8 Å². The molecular formula is C31H46O6. The summed E-state index contributed by atoms with van der Waals surface area (Å²) in [4.78, 5) is 24.9. The number of ether oxygens (including phenoxy) is 2. The second kappa shape index (κ2) is 8.67. The first-order valence-corrected chi connectivity index (χ1v) is 14.4. The van der Waals surface area contributed by atoms with E-state index in [1.54, 1.807) is 0 Å². The number of rotatable bonds is 5. The Balaban J connectivity index is 1.60. The van der Waals surface area contributed by atoms with Crippen LogP contribution in [0.25, 0.3) is 0 Å². The Morgan fingerprint density at radius 1 is 1.11 bits per heavy atom. The lowest BCUT2D eigenvalue weighted by Crippen LogP contribution is -2.67. The smallest absolute Gasteiger partial charge is 0.331 e. The van der Waals surface area contributed by atoms with Gasteiger partial charge >= 0.3 is 11.9 Å².